The minimum atomic E-state index is 0.446. The van der Waals surface area contributed by atoms with Crippen LogP contribution in [0.2, 0.25) is 0 Å². The van der Waals surface area contributed by atoms with E-state index in [1.165, 1.54) is 5.56 Å². The molecule has 0 spiro atoms. The average Bonchev–Trinajstić information content (AvgIpc) is 2.91. The van der Waals surface area contributed by atoms with E-state index in [9.17, 15) is 0 Å². The maximum atomic E-state index is 5.73. The highest BCUT2D eigenvalue weighted by atomic mass is 16.5. The molecule has 0 fully saturated rings. The Hall–Kier alpha value is -2.47. The molecule has 0 bridgehead atoms. The van der Waals surface area contributed by atoms with E-state index >= 15 is 0 Å². The molecule has 3 rings (SSSR count). The van der Waals surface area contributed by atoms with Gasteiger partial charge in [0.15, 0.2) is 0 Å². The molecule has 2 aromatic heterocycles. The number of benzene rings is 1. The van der Waals surface area contributed by atoms with E-state index < -0.39 is 0 Å². The zero-order chi connectivity index (χ0) is 13.1. The lowest BCUT2D eigenvalue weighted by Crippen LogP contribution is -2.04. The summed E-state index contributed by atoms with van der Waals surface area (Å²) in [5.41, 5.74) is 1.80. The molecule has 0 aliphatic carbocycles. The number of nitrogens with one attached hydrogen (secondary N) is 1. The van der Waals surface area contributed by atoms with Gasteiger partial charge < -0.3 is 10.1 Å². The number of fused-ring (bicyclic) bond motifs is 1. The molecule has 0 radical (unpaired) electrons. The summed E-state index contributed by atoms with van der Waals surface area (Å²) >= 11 is 0. The number of nitrogens with zero attached hydrogens (tertiary/aromatic N) is 4. The molecule has 0 amide bonds. The quantitative estimate of drug-likeness (QED) is 0.767. The summed E-state index contributed by atoms with van der Waals surface area (Å²) in [5, 5.41) is 10.9. The Morgan fingerprint density at radius 2 is 2.11 bits per heavy atom. The second kappa shape index (κ2) is 5.03. The maximum absolute atomic E-state index is 5.73. The Balaban J connectivity index is 1.86. The summed E-state index contributed by atoms with van der Waals surface area (Å²) in [7, 11) is 1.92. The molecule has 19 heavy (non-hydrogen) atoms. The van der Waals surface area contributed by atoms with Crippen LogP contribution < -0.4 is 10.1 Å². The van der Waals surface area contributed by atoms with Crippen molar-refractivity contribution in [1.82, 2.24) is 24.9 Å². The van der Waals surface area contributed by atoms with Crippen LogP contribution in [-0.4, -0.2) is 26.6 Å². The number of hydrogen-bond donors (Lipinski definition) is 1. The molecule has 96 valence electrons. The Morgan fingerprint density at radius 1 is 1.26 bits per heavy atom. The third-order valence-corrected chi connectivity index (χ3v) is 2.70. The van der Waals surface area contributed by atoms with E-state index in [0.29, 0.717) is 11.5 Å². The van der Waals surface area contributed by atoms with Crippen molar-refractivity contribution in [3.8, 4) is 11.6 Å². The minimum Gasteiger partial charge on any atom is -0.436 e. The van der Waals surface area contributed by atoms with Crippen LogP contribution >= 0.6 is 0 Å². The van der Waals surface area contributed by atoms with Crippen molar-refractivity contribution in [2.45, 2.75) is 6.54 Å². The number of rotatable bonds is 4. The Bertz CT molecular complexity index is 677. The summed E-state index contributed by atoms with van der Waals surface area (Å²) in [6.45, 7) is 0.832. The van der Waals surface area contributed by atoms with E-state index in [1.807, 2.05) is 31.3 Å². The van der Waals surface area contributed by atoms with Gasteiger partial charge in [-0.15, -0.1) is 10.2 Å². The van der Waals surface area contributed by atoms with Crippen LogP contribution in [0, 0.1) is 0 Å². The van der Waals surface area contributed by atoms with Gasteiger partial charge in [0.2, 0.25) is 5.65 Å². The van der Waals surface area contributed by atoms with Crippen molar-refractivity contribution in [2.24, 2.45) is 0 Å². The molecule has 0 saturated heterocycles. The van der Waals surface area contributed by atoms with Gasteiger partial charge in [-0.05, 0) is 24.7 Å². The highest BCUT2D eigenvalue weighted by Gasteiger charge is 2.07. The highest BCUT2D eigenvalue weighted by Crippen LogP contribution is 2.22. The monoisotopic (exact) mass is 255 g/mol. The van der Waals surface area contributed by atoms with E-state index in [2.05, 4.69) is 20.5 Å². The first-order valence-corrected chi connectivity index (χ1v) is 5.92. The second-order valence-corrected chi connectivity index (χ2v) is 4.07. The van der Waals surface area contributed by atoms with Gasteiger partial charge in [0.05, 0.1) is 0 Å². The third-order valence-electron chi connectivity index (χ3n) is 2.70. The van der Waals surface area contributed by atoms with Gasteiger partial charge >= 0.3 is 0 Å². The molecule has 1 N–H and O–H groups in total. The molecule has 0 saturated carbocycles. The first-order chi connectivity index (χ1) is 9.36. The van der Waals surface area contributed by atoms with Crippen LogP contribution in [0.4, 0.5) is 0 Å². The van der Waals surface area contributed by atoms with Gasteiger partial charge in [-0.3, -0.25) is 4.40 Å². The smallest absolute Gasteiger partial charge is 0.265 e. The molecule has 6 heteroatoms. The molecule has 2 heterocycles. The lowest BCUT2D eigenvalue weighted by Gasteiger charge is -2.06. The number of ether oxygens (including phenoxy) is 1. The van der Waals surface area contributed by atoms with Crippen LogP contribution in [0.25, 0.3) is 5.65 Å². The van der Waals surface area contributed by atoms with Crippen molar-refractivity contribution < 1.29 is 4.74 Å². The van der Waals surface area contributed by atoms with Crippen LogP contribution in [0.15, 0.2) is 43.0 Å². The predicted molar refractivity (Wildman–Crippen MR) is 70.1 cm³/mol. The zero-order valence-corrected chi connectivity index (χ0v) is 10.4. The molecule has 0 aliphatic heterocycles. The van der Waals surface area contributed by atoms with Gasteiger partial charge in [0.25, 0.3) is 5.88 Å². The van der Waals surface area contributed by atoms with Crippen molar-refractivity contribution in [1.29, 1.82) is 0 Å². The van der Waals surface area contributed by atoms with Crippen molar-refractivity contribution >= 4 is 5.65 Å². The van der Waals surface area contributed by atoms with Gasteiger partial charge in [-0.1, -0.05) is 12.1 Å². The standard InChI is InChI=1S/C13H13N5O/c1-14-8-10-2-4-11(5-3-10)19-13-12-17-16-9-18(12)7-6-15-13/h2-7,9,14H,8H2,1H3. The topological polar surface area (TPSA) is 64.3 Å². The summed E-state index contributed by atoms with van der Waals surface area (Å²) in [4.78, 5) is 4.18. The Kier molecular flexibility index (Phi) is 3.07. The van der Waals surface area contributed by atoms with Crippen molar-refractivity contribution in [3.05, 3.63) is 48.5 Å². The molecular formula is C13H13N5O. The fraction of sp³-hybridized carbons (Fsp3) is 0.154. The second-order valence-electron chi connectivity index (χ2n) is 4.07. The molecule has 6 nitrogen and oxygen atoms in total. The number of hydrogen-bond acceptors (Lipinski definition) is 5. The average molecular weight is 255 g/mol. The van der Waals surface area contributed by atoms with Crippen LogP contribution in [-0.2, 0) is 6.54 Å². The maximum Gasteiger partial charge on any atom is 0.265 e. The fourth-order valence-corrected chi connectivity index (χ4v) is 1.80. The van der Waals surface area contributed by atoms with Crippen molar-refractivity contribution in [2.75, 3.05) is 7.05 Å². The largest absolute Gasteiger partial charge is 0.436 e. The summed E-state index contributed by atoms with van der Waals surface area (Å²) in [5.74, 6) is 1.17. The highest BCUT2D eigenvalue weighted by molar-refractivity contribution is 5.49. The van der Waals surface area contributed by atoms with Gasteiger partial charge in [0, 0.05) is 18.9 Å². The minimum absolute atomic E-state index is 0.446. The van der Waals surface area contributed by atoms with Gasteiger partial charge in [-0.25, -0.2) is 4.98 Å². The van der Waals surface area contributed by atoms with Crippen molar-refractivity contribution in [3.63, 3.8) is 0 Å². The lowest BCUT2D eigenvalue weighted by molar-refractivity contribution is 0.464. The van der Waals surface area contributed by atoms with Crippen LogP contribution in [0.5, 0.6) is 11.6 Å². The molecule has 0 aliphatic rings. The summed E-state index contributed by atoms with van der Waals surface area (Å²) in [6, 6.07) is 7.84. The fourth-order valence-electron chi connectivity index (χ4n) is 1.80. The summed E-state index contributed by atoms with van der Waals surface area (Å²) in [6.07, 6.45) is 5.04. The van der Waals surface area contributed by atoms with E-state index in [1.54, 1.807) is 23.1 Å². The number of aromatic nitrogens is 4. The summed E-state index contributed by atoms with van der Waals surface area (Å²) < 4.78 is 7.49. The van der Waals surface area contributed by atoms with E-state index in [0.717, 1.165) is 12.3 Å². The zero-order valence-electron chi connectivity index (χ0n) is 10.4. The van der Waals surface area contributed by atoms with Gasteiger partial charge in [-0.2, -0.15) is 0 Å². The molecular weight excluding hydrogens is 242 g/mol. The Morgan fingerprint density at radius 3 is 2.89 bits per heavy atom. The SMILES string of the molecule is CNCc1ccc(Oc2nccn3cnnc23)cc1. The lowest BCUT2D eigenvalue weighted by atomic mass is 10.2. The molecule has 0 unspecified atom stereocenters. The Labute approximate surface area is 110 Å². The molecule has 3 aromatic rings. The first-order valence-electron chi connectivity index (χ1n) is 5.92. The molecule has 1 aromatic carbocycles. The first kappa shape index (κ1) is 11.6. The van der Waals surface area contributed by atoms with Gasteiger partial charge in [0.1, 0.15) is 12.1 Å². The van der Waals surface area contributed by atoms with Crippen LogP contribution in [0.1, 0.15) is 5.56 Å². The predicted octanol–water partition coefficient (Wildman–Crippen LogP) is 1.64. The normalized spacial score (nSPS) is 10.8. The molecule has 0 atom stereocenters. The van der Waals surface area contributed by atoms with Crippen LogP contribution in [0.3, 0.4) is 0 Å². The van der Waals surface area contributed by atoms with E-state index in [-0.39, 0.29) is 0 Å². The van der Waals surface area contributed by atoms with E-state index in [4.69, 9.17) is 4.74 Å². The third kappa shape index (κ3) is 2.38.